The van der Waals surface area contributed by atoms with E-state index in [1.807, 2.05) is 19.1 Å². The second-order valence-corrected chi connectivity index (χ2v) is 5.29. The van der Waals surface area contributed by atoms with Gasteiger partial charge in [0.05, 0.1) is 6.61 Å². The number of benzene rings is 1. The largest absolute Gasteiger partial charge is 0.399 e. The first-order valence-electron chi connectivity index (χ1n) is 6.91. The van der Waals surface area contributed by atoms with E-state index in [-0.39, 0.29) is 18.6 Å². The molecule has 1 aliphatic carbocycles. The van der Waals surface area contributed by atoms with E-state index in [0.29, 0.717) is 17.8 Å². The molecule has 1 amide bonds. The Hall–Kier alpha value is -1.55. The van der Waals surface area contributed by atoms with E-state index in [1.165, 1.54) is 0 Å². The number of aliphatic hydroxyl groups excluding tert-OH is 1. The third-order valence-electron chi connectivity index (χ3n) is 3.71. The maximum absolute atomic E-state index is 12.6. The molecule has 0 bridgehead atoms. The maximum Gasteiger partial charge on any atom is 0.254 e. The Bertz CT molecular complexity index is 433. The number of aliphatic hydroxyl groups is 1. The van der Waals surface area contributed by atoms with Gasteiger partial charge in [0.15, 0.2) is 0 Å². The molecule has 2 rings (SSSR count). The van der Waals surface area contributed by atoms with Gasteiger partial charge in [-0.15, -0.1) is 0 Å². The quantitative estimate of drug-likeness (QED) is 0.815. The van der Waals surface area contributed by atoms with Crippen LogP contribution in [0.4, 0.5) is 5.69 Å². The first-order chi connectivity index (χ1) is 9.11. The molecule has 1 aliphatic rings. The van der Waals surface area contributed by atoms with Crippen molar-refractivity contribution in [3.8, 4) is 0 Å². The second kappa shape index (κ2) is 6.06. The molecular weight excluding hydrogens is 240 g/mol. The number of aryl methyl sites for hydroxylation is 1. The summed E-state index contributed by atoms with van der Waals surface area (Å²) in [6.07, 6.45) is 4.39. The topological polar surface area (TPSA) is 66.6 Å². The van der Waals surface area contributed by atoms with E-state index in [9.17, 15) is 9.90 Å². The monoisotopic (exact) mass is 262 g/mol. The normalized spacial score (nSPS) is 15.7. The summed E-state index contributed by atoms with van der Waals surface area (Å²) >= 11 is 0. The Morgan fingerprint density at radius 1 is 1.37 bits per heavy atom. The number of amides is 1. The molecule has 4 heteroatoms. The fourth-order valence-corrected chi connectivity index (χ4v) is 2.88. The van der Waals surface area contributed by atoms with Crippen LogP contribution in [0, 0.1) is 6.92 Å². The first-order valence-corrected chi connectivity index (χ1v) is 6.91. The zero-order valence-corrected chi connectivity index (χ0v) is 11.4. The summed E-state index contributed by atoms with van der Waals surface area (Å²) < 4.78 is 0. The van der Waals surface area contributed by atoms with E-state index in [2.05, 4.69) is 0 Å². The molecule has 3 N–H and O–H groups in total. The summed E-state index contributed by atoms with van der Waals surface area (Å²) in [7, 11) is 0. The Labute approximate surface area is 114 Å². The maximum atomic E-state index is 12.6. The lowest BCUT2D eigenvalue weighted by molar-refractivity contribution is 0.0638. The number of carbonyl (C=O) groups excluding carboxylic acids is 1. The van der Waals surface area contributed by atoms with Crippen LogP contribution in [-0.2, 0) is 0 Å². The van der Waals surface area contributed by atoms with E-state index in [1.54, 1.807) is 11.0 Å². The molecule has 1 saturated carbocycles. The van der Waals surface area contributed by atoms with Crippen LogP contribution >= 0.6 is 0 Å². The Balaban J connectivity index is 2.22. The van der Waals surface area contributed by atoms with Crippen molar-refractivity contribution < 1.29 is 9.90 Å². The molecule has 0 aromatic heterocycles. The third kappa shape index (κ3) is 3.26. The Morgan fingerprint density at radius 2 is 2.05 bits per heavy atom. The van der Waals surface area contributed by atoms with Crippen molar-refractivity contribution in [3.05, 3.63) is 29.3 Å². The predicted molar refractivity (Wildman–Crippen MR) is 76.0 cm³/mol. The SMILES string of the molecule is Cc1cc(N)cc(C(=O)N(CCO)C2CCCC2)c1. The van der Waals surface area contributed by atoms with E-state index >= 15 is 0 Å². The van der Waals surface area contributed by atoms with Gasteiger partial charge in [0.25, 0.3) is 5.91 Å². The van der Waals surface area contributed by atoms with Gasteiger partial charge in [0.2, 0.25) is 0 Å². The lowest BCUT2D eigenvalue weighted by Crippen LogP contribution is -2.40. The number of nitrogen functional groups attached to an aromatic ring is 1. The first kappa shape index (κ1) is 13.9. The zero-order chi connectivity index (χ0) is 13.8. The molecule has 0 spiro atoms. The number of rotatable bonds is 4. The fourth-order valence-electron chi connectivity index (χ4n) is 2.88. The van der Waals surface area contributed by atoms with Crippen molar-refractivity contribution in [3.63, 3.8) is 0 Å². The molecule has 0 unspecified atom stereocenters. The van der Waals surface area contributed by atoms with Gasteiger partial charge in [-0.1, -0.05) is 12.8 Å². The molecule has 0 heterocycles. The van der Waals surface area contributed by atoms with Crippen molar-refractivity contribution in [2.45, 2.75) is 38.6 Å². The number of nitrogens with two attached hydrogens (primary N) is 1. The van der Waals surface area contributed by atoms with Gasteiger partial charge in [0, 0.05) is 23.8 Å². The van der Waals surface area contributed by atoms with Gasteiger partial charge in [-0.05, 0) is 43.5 Å². The van der Waals surface area contributed by atoms with Crippen LogP contribution in [0.3, 0.4) is 0 Å². The van der Waals surface area contributed by atoms with Crippen molar-refractivity contribution in [2.24, 2.45) is 0 Å². The predicted octanol–water partition coefficient (Wildman–Crippen LogP) is 1.95. The van der Waals surface area contributed by atoms with Crippen LogP contribution in [0.15, 0.2) is 18.2 Å². The summed E-state index contributed by atoms with van der Waals surface area (Å²) in [6, 6.07) is 5.69. The van der Waals surface area contributed by atoms with Crippen LogP contribution in [0.5, 0.6) is 0 Å². The van der Waals surface area contributed by atoms with Gasteiger partial charge >= 0.3 is 0 Å². The van der Waals surface area contributed by atoms with Crippen LogP contribution in [0.25, 0.3) is 0 Å². The minimum atomic E-state index is -0.0173. The van der Waals surface area contributed by atoms with E-state index in [4.69, 9.17) is 5.73 Å². The molecule has 19 heavy (non-hydrogen) atoms. The molecule has 4 nitrogen and oxygen atoms in total. The summed E-state index contributed by atoms with van der Waals surface area (Å²) in [5.74, 6) is -0.0173. The van der Waals surface area contributed by atoms with Crippen molar-refractivity contribution in [1.82, 2.24) is 4.90 Å². The number of carbonyl (C=O) groups is 1. The van der Waals surface area contributed by atoms with Crippen LogP contribution in [0.2, 0.25) is 0 Å². The van der Waals surface area contributed by atoms with E-state index < -0.39 is 0 Å². The Kier molecular flexibility index (Phi) is 4.43. The van der Waals surface area contributed by atoms with Gasteiger partial charge < -0.3 is 15.7 Å². The van der Waals surface area contributed by atoms with Crippen molar-refractivity contribution >= 4 is 11.6 Å². The van der Waals surface area contributed by atoms with Gasteiger partial charge in [-0.25, -0.2) is 0 Å². The summed E-state index contributed by atoms with van der Waals surface area (Å²) in [5.41, 5.74) is 8.02. The summed E-state index contributed by atoms with van der Waals surface area (Å²) in [4.78, 5) is 14.4. The molecular formula is C15H22N2O2. The standard InChI is InChI=1S/C15H22N2O2/c1-11-8-12(10-13(16)9-11)15(19)17(6-7-18)14-4-2-3-5-14/h8-10,14,18H,2-7,16H2,1H3. The second-order valence-electron chi connectivity index (χ2n) is 5.29. The molecule has 0 saturated heterocycles. The highest BCUT2D eigenvalue weighted by molar-refractivity contribution is 5.95. The minimum absolute atomic E-state index is 0.00351. The molecule has 0 atom stereocenters. The van der Waals surface area contributed by atoms with Crippen molar-refractivity contribution in [2.75, 3.05) is 18.9 Å². The number of nitrogens with zero attached hydrogens (tertiary/aromatic N) is 1. The highest BCUT2D eigenvalue weighted by atomic mass is 16.3. The lowest BCUT2D eigenvalue weighted by Gasteiger charge is -2.28. The summed E-state index contributed by atoms with van der Waals surface area (Å²) in [5, 5.41) is 9.18. The average molecular weight is 262 g/mol. The minimum Gasteiger partial charge on any atom is -0.399 e. The van der Waals surface area contributed by atoms with Crippen LogP contribution in [0.1, 0.15) is 41.6 Å². The molecule has 0 aliphatic heterocycles. The van der Waals surface area contributed by atoms with Gasteiger partial charge in [-0.3, -0.25) is 4.79 Å². The molecule has 1 fully saturated rings. The zero-order valence-electron chi connectivity index (χ0n) is 11.4. The highest BCUT2D eigenvalue weighted by Gasteiger charge is 2.27. The molecule has 0 radical (unpaired) electrons. The number of hydrogen-bond donors (Lipinski definition) is 2. The van der Waals surface area contributed by atoms with Gasteiger partial charge in [-0.2, -0.15) is 0 Å². The van der Waals surface area contributed by atoms with Gasteiger partial charge in [0.1, 0.15) is 0 Å². The summed E-state index contributed by atoms with van der Waals surface area (Å²) in [6.45, 7) is 2.33. The van der Waals surface area contributed by atoms with Crippen LogP contribution in [-0.4, -0.2) is 35.1 Å². The van der Waals surface area contributed by atoms with Crippen LogP contribution < -0.4 is 5.73 Å². The van der Waals surface area contributed by atoms with E-state index in [0.717, 1.165) is 31.2 Å². The lowest BCUT2D eigenvalue weighted by atomic mass is 10.1. The van der Waals surface area contributed by atoms with Crippen molar-refractivity contribution in [1.29, 1.82) is 0 Å². The Morgan fingerprint density at radius 3 is 2.63 bits per heavy atom. The smallest absolute Gasteiger partial charge is 0.254 e. The molecule has 1 aromatic carbocycles. The highest BCUT2D eigenvalue weighted by Crippen LogP contribution is 2.25. The fraction of sp³-hybridized carbons (Fsp3) is 0.533. The third-order valence-corrected chi connectivity index (χ3v) is 3.71. The molecule has 1 aromatic rings. The molecule has 104 valence electrons. The number of hydrogen-bond acceptors (Lipinski definition) is 3. The average Bonchev–Trinajstić information content (AvgIpc) is 2.87. The number of anilines is 1.